The summed E-state index contributed by atoms with van der Waals surface area (Å²) in [4.78, 5) is 13.7. The molecule has 0 aromatic heterocycles. The number of nitrogens with zero attached hydrogens (tertiary/aromatic N) is 1. The number of ether oxygens (including phenoxy) is 3. The molecule has 2 aliphatic rings. The van der Waals surface area contributed by atoms with Gasteiger partial charge in [-0.3, -0.25) is 4.90 Å². The molecule has 0 aliphatic carbocycles. The SMILES string of the molecule is COC(=O)C1=C(O)CCN(CC2COc3ccccc3O2)C1. The fraction of sp³-hybridized carbons (Fsp3) is 0.438. The third-order valence-electron chi connectivity index (χ3n) is 3.86. The van der Waals surface area contributed by atoms with Gasteiger partial charge in [-0.15, -0.1) is 0 Å². The summed E-state index contributed by atoms with van der Waals surface area (Å²) in [5.74, 6) is 1.13. The van der Waals surface area contributed by atoms with Crippen molar-refractivity contribution in [3.63, 3.8) is 0 Å². The Kier molecular flexibility index (Phi) is 4.20. The maximum absolute atomic E-state index is 11.7. The third-order valence-corrected chi connectivity index (χ3v) is 3.86. The molecule has 0 radical (unpaired) electrons. The van der Waals surface area contributed by atoms with Crippen LogP contribution in [0.25, 0.3) is 0 Å². The lowest BCUT2D eigenvalue weighted by molar-refractivity contribution is -0.136. The second-order valence-electron chi connectivity index (χ2n) is 5.40. The minimum atomic E-state index is -0.478. The van der Waals surface area contributed by atoms with E-state index >= 15 is 0 Å². The van der Waals surface area contributed by atoms with Gasteiger partial charge in [-0.25, -0.2) is 4.79 Å². The molecular weight excluding hydrogens is 286 g/mol. The topological polar surface area (TPSA) is 68.2 Å². The molecule has 2 heterocycles. The number of aliphatic hydroxyl groups excluding tert-OH is 1. The van der Waals surface area contributed by atoms with Crippen LogP contribution in [0.3, 0.4) is 0 Å². The zero-order chi connectivity index (χ0) is 15.5. The average Bonchev–Trinajstić information content (AvgIpc) is 2.56. The van der Waals surface area contributed by atoms with Gasteiger partial charge >= 0.3 is 5.97 Å². The molecule has 0 spiro atoms. The van der Waals surface area contributed by atoms with E-state index in [0.29, 0.717) is 38.2 Å². The van der Waals surface area contributed by atoms with Crippen LogP contribution in [0.5, 0.6) is 11.5 Å². The lowest BCUT2D eigenvalue weighted by Gasteiger charge is -2.33. The van der Waals surface area contributed by atoms with Crippen LogP contribution in [-0.2, 0) is 9.53 Å². The highest BCUT2D eigenvalue weighted by Gasteiger charge is 2.28. The molecule has 6 nitrogen and oxygen atoms in total. The van der Waals surface area contributed by atoms with Crippen LogP contribution in [0, 0.1) is 0 Å². The highest BCUT2D eigenvalue weighted by molar-refractivity contribution is 5.89. The normalized spacial score (nSPS) is 21.6. The van der Waals surface area contributed by atoms with E-state index in [4.69, 9.17) is 14.2 Å². The lowest BCUT2D eigenvalue weighted by Crippen LogP contribution is -2.44. The number of hydrogen-bond donors (Lipinski definition) is 1. The summed E-state index contributed by atoms with van der Waals surface area (Å²) in [6.07, 6.45) is 0.336. The van der Waals surface area contributed by atoms with Gasteiger partial charge in [0.15, 0.2) is 11.5 Å². The molecule has 1 N–H and O–H groups in total. The van der Waals surface area contributed by atoms with E-state index in [0.717, 1.165) is 11.5 Å². The summed E-state index contributed by atoms with van der Waals surface area (Å²) in [5, 5.41) is 9.82. The molecule has 0 saturated heterocycles. The number of rotatable bonds is 3. The number of para-hydroxylation sites is 2. The van der Waals surface area contributed by atoms with Crippen LogP contribution in [0.2, 0.25) is 0 Å². The largest absolute Gasteiger partial charge is 0.512 e. The Labute approximate surface area is 128 Å². The fourth-order valence-electron chi connectivity index (χ4n) is 2.71. The fourth-order valence-corrected chi connectivity index (χ4v) is 2.71. The van der Waals surface area contributed by atoms with Gasteiger partial charge in [-0.2, -0.15) is 0 Å². The lowest BCUT2D eigenvalue weighted by atomic mass is 10.1. The molecule has 1 aromatic carbocycles. The van der Waals surface area contributed by atoms with Crippen molar-refractivity contribution in [2.75, 3.05) is 33.4 Å². The van der Waals surface area contributed by atoms with Crippen molar-refractivity contribution < 1.29 is 24.1 Å². The van der Waals surface area contributed by atoms with E-state index in [-0.39, 0.29) is 11.9 Å². The van der Waals surface area contributed by atoms with Crippen molar-refractivity contribution in [1.29, 1.82) is 0 Å². The molecule has 118 valence electrons. The van der Waals surface area contributed by atoms with Gasteiger partial charge in [0.25, 0.3) is 0 Å². The molecule has 3 rings (SSSR count). The Morgan fingerprint density at radius 1 is 1.41 bits per heavy atom. The zero-order valence-electron chi connectivity index (χ0n) is 12.4. The van der Waals surface area contributed by atoms with Crippen molar-refractivity contribution in [3.05, 3.63) is 35.6 Å². The quantitative estimate of drug-likeness (QED) is 0.854. The van der Waals surface area contributed by atoms with Gasteiger partial charge in [-0.05, 0) is 12.1 Å². The van der Waals surface area contributed by atoms with Gasteiger partial charge in [0.05, 0.1) is 12.7 Å². The highest BCUT2D eigenvalue weighted by Crippen LogP contribution is 2.31. The second kappa shape index (κ2) is 6.27. The van der Waals surface area contributed by atoms with Crippen molar-refractivity contribution in [2.24, 2.45) is 0 Å². The van der Waals surface area contributed by atoms with Crippen LogP contribution < -0.4 is 9.47 Å². The molecule has 1 atom stereocenters. The molecule has 0 amide bonds. The number of benzene rings is 1. The van der Waals surface area contributed by atoms with E-state index < -0.39 is 5.97 Å². The van der Waals surface area contributed by atoms with Crippen LogP contribution in [0.4, 0.5) is 0 Å². The minimum Gasteiger partial charge on any atom is -0.512 e. The van der Waals surface area contributed by atoms with E-state index in [1.807, 2.05) is 24.3 Å². The number of methoxy groups -OCH3 is 1. The van der Waals surface area contributed by atoms with E-state index in [9.17, 15) is 9.90 Å². The molecule has 2 aliphatic heterocycles. The summed E-state index contributed by atoms with van der Waals surface area (Å²) in [7, 11) is 1.32. The summed E-state index contributed by atoms with van der Waals surface area (Å²) in [6.45, 7) is 2.13. The maximum atomic E-state index is 11.7. The van der Waals surface area contributed by atoms with Gasteiger partial charge in [0.1, 0.15) is 18.5 Å². The first-order chi connectivity index (χ1) is 10.7. The first-order valence-corrected chi connectivity index (χ1v) is 7.27. The predicted octanol–water partition coefficient (Wildman–Crippen LogP) is 1.52. The Balaban J connectivity index is 1.62. The van der Waals surface area contributed by atoms with Gasteiger partial charge in [-0.1, -0.05) is 12.1 Å². The number of carbonyl (C=O) groups is 1. The smallest absolute Gasteiger partial charge is 0.338 e. The molecule has 1 aromatic rings. The van der Waals surface area contributed by atoms with E-state index in [1.165, 1.54) is 7.11 Å². The van der Waals surface area contributed by atoms with Crippen molar-refractivity contribution >= 4 is 5.97 Å². The zero-order valence-corrected chi connectivity index (χ0v) is 12.4. The number of esters is 1. The van der Waals surface area contributed by atoms with E-state index in [1.54, 1.807) is 0 Å². The van der Waals surface area contributed by atoms with Crippen molar-refractivity contribution in [2.45, 2.75) is 12.5 Å². The summed E-state index contributed by atoms with van der Waals surface area (Å²) in [5.41, 5.74) is 0.325. The number of fused-ring (bicyclic) bond motifs is 1. The van der Waals surface area contributed by atoms with Crippen LogP contribution >= 0.6 is 0 Å². The third kappa shape index (κ3) is 3.01. The molecular formula is C16H19NO5. The molecule has 0 saturated carbocycles. The van der Waals surface area contributed by atoms with E-state index in [2.05, 4.69) is 4.90 Å². The molecule has 1 unspecified atom stereocenters. The van der Waals surface area contributed by atoms with Crippen LogP contribution in [0.15, 0.2) is 35.6 Å². The predicted molar refractivity (Wildman–Crippen MR) is 79.1 cm³/mol. The first-order valence-electron chi connectivity index (χ1n) is 7.27. The summed E-state index contributed by atoms with van der Waals surface area (Å²) >= 11 is 0. The van der Waals surface area contributed by atoms with Crippen molar-refractivity contribution in [1.82, 2.24) is 4.90 Å². The Morgan fingerprint density at radius 2 is 2.18 bits per heavy atom. The average molecular weight is 305 g/mol. The second-order valence-corrected chi connectivity index (χ2v) is 5.40. The first kappa shape index (κ1) is 14.7. The van der Waals surface area contributed by atoms with Crippen molar-refractivity contribution in [3.8, 4) is 11.5 Å². The Hall–Kier alpha value is -2.21. The number of carbonyl (C=O) groups excluding carboxylic acids is 1. The Bertz CT molecular complexity index is 598. The van der Waals surface area contributed by atoms with Gasteiger partial charge < -0.3 is 19.3 Å². The Morgan fingerprint density at radius 3 is 2.95 bits per heavy atom. The van der Waals surface area contributed by atoms with Crippen LogP contribution in [0.1, 0.15) is 6.42 Å². The van der Waals surface area contributed by atoms with Gasteiger partial charge in [0, 0.05) is 26.1 Å². The standard InChI is InChI=1S/C16H19NO5/c1-20-16(19)12-9-17(7-6-13(12)18)8-11-10-21-14-4-2-3-5-15(14)22-11/h2-5,11,18H,6-10H2,1H3. The molecule has 0 fully saturated rings. The molecule has 22 heavy (non-hydrogen) atoms. The monoisotopic (exact) mass is 305 g/mol. The maximum Gasteiger partial charge on any atom is 0.338 e. The number of aliphatic hydroxyl groups is 1. The molecule has 6 heteroatoms. The highest BCUT2D eigenvalue weighted by atomic mass is 16.6. The van der Waals surface area contributed by atoms with Gasteiger partial charge in [0.2, 0.25) is 0 Å². The van der Waals surface area contributed by atoms with Crippen LogP contribution in [-0.4, -0.2) is 55.4 Å². The molecule has 0 bridgehead atoms. The number of hydrogen-bond acceptors (Lipinski definition) is 6. The minimum absolute atomic E-state index is 0.103. The summed E-state index contributed by atoms with van der Waals surface area (Å²) < 4.78 is 16.3. The summed E-state index contributed by atoms with van der Waals surface area (Å²) in [6, 6.07) is 7.57.